The molecule has 0 spiro atoms. The van der Waals surface area contributed by atoms with Crippen LogP contribution in [-0.2, 0) is 0 Å². The number of anilines is 1. The second kappa shape index (κ2) is 9.65. The minimum Gasteiger partial charge on any atom is -0.348 e. The first kappa shape index (κ1) is 21.0. The summed E-state index contributed by atoms with van der Waals surface area (Å²) in [4.78, 5) is 25.6. The van der Waals surface area contributed by atoms with Gasteiger partial charge in [-0.05, 0) is 49.4 Å². The van der Waals surface area contributed by atoms with Gasteiger partial charge in [0.15, 0.2) is 0 Å². The predicted molar refractivity (Wildman–Crippen MR) is 112 cm³/mol. The fraction of sp³-hybridized carbons (Fsp3) is 0.391. The summed E-state index contributed by atoms with van der Waals surface area (Å²) in [7, 11) is 0. The van der Waals surface area contributed by atoms with Crippen molar-refractivity contribution < 1.29 is 14.0 Å². The molecular formula is C23H28FN3O2. The highest BCUT2D eigenvalue weighted by Crippen LogP contribution is 2.27. The zero-order valence-electron chi connectivity index (χ0n) is 16.7. The third kappa shape index (κ3) is 5.01. The zero-order chi connectivity index (χ0) is 20.8. The molecule has 0 aliphatic heterocycles. The Morgan fingerprint density at radius 3 is 2.41 bits per heavy atom. The van der Waals surface area contributed by atoms with Crippen LogP contribution in [0.25, 0.3) is 0 Å². The standard InChI is InChI=1S/C23H28FN3O2/c1-15-8-7-12-18(21(15)27-22(28)17-11-5-6-13-19(17)24)23(29)26-20(14-25)16-9-3-2-4-10-16/h5-8,11-13,16,20H,2-4,9-10,14,25H2,1H3,(H,26,29)(H,27,28). The SMILES string of the molecule is Cc1cccc(C(=O)NC(CN)C2CCCCC2)c1NC(=O)c1ccccc1F. The first-order valence-corrected chi connectivity index (χ1v) is 10.2. The summed E-state index contributed by atoms with van der Waals surface area (Å²) in [6.45, 7) is 2.18. The molecular weight excluding hydrogens is 369 g/mol. The van der Waals surface area contributed by atoms with Crippen molar-refractivity contribution in [3.05, 3.63) is 65.0 Å². The number of amides is 2. The first-order chi connectivity index (χ1) is 14.0. The summed E-state index contributed by atoms with van der Waals surface area (Å²) < 4.78 is 14.0. The van der Waals surface area contributed by atoms with E-state index >= 15 is 0 Å². The quantitative estimate of drug-likeness (QED) is 0.688. The van der Waals surface area contributed by atoms with Gasteiger partial charge in [-0.2, -0.15) is 0 Å². The predicted octanol–water partition coefficient (Wildman–Crippen LogP) is 4.02. The van der Waals surface area contributed by atoms with Gasteiger partial charge in [0.25, 0.3) is 11.8 Å². The van der Waals surface area contributed by atoms with Crippen LogP contribution in [0.5, 0.6) is 0 Å². The Kier molecular flexibility index (Phi) is 6.99. The number of rotatable bonds is 6. The van der Waals surface area contributed by atoms with Gasteiger partial charge >= 0.3 is 0 Å². The molecule has 0 bridgehead atoms. The van der Waals surface area contributed by atoms with E-state index in [4.69, 9.17) is 5.73 Å². The highest BCUT2D eigenvalue weighted by atomic mass is 19.1. The molecule has 0 heterocycles. The number of carbonyl (C=O) groups is 2. The Balaban J connectivity index is 1.80. The number of hydrogen-bond acceptors (Lipinski definition) is 3. The van der Waals surface area contributed by atoms with Crippen molar-refractivity contribution >= 4 is 17.5 Å². The molecule has 0 radical (unpaired) electrons. The average Bonchev–Trinajstić information content (AvgIpc) is 2.74. The molecule has 3 rings (SSSR count). The maximum absolute atomic E-state index is 14.0. The van der Waals surface area contributed by atoms with Gasteiger partial charge < -0.3 is 16.4 Å². The van der Waals surface area contributed by atoms with Crippen molar-refractivity contribution in [2.24, 2.45) is 11.7 Å². The van der Waals surface area contributed by atoms with Crippen molar-refractivity contribution in [3.63, 3.8) is 0 Å². The molecule has 0 saturated heterocycles. The van der Waals surface area contributed by atoms with Gasteiger partial charge in [-0.15, -0.1) is 0 Å². The van der Waals surface area contributed by atoms with Crippen molar-refractivity contribution in [1.82, 2.24) is 5.32 Å². The lowest BCUT2D eigenvalue weighted by Gasteiger charge is -2.30. The Morgan fingerprint density at radius 1 is 1.03 bits per heavy atom. The third-order valence-corrected chi connectivity index (χ3v) is 5.66. The van der Waals surface area contributed by atoms with E-state index in [0.29, 0.717) is 23.7 Å². The normalized spacial score (nSPS) is 15.6. The largest absolute Gasteiger partial charge is 0.348 e. The number of hydrogen-bond donors (Lipinski definition) is 3. The van der Waals surface area contributed by atoms with Crippen LogP contribution in [0.3, 0.4) is 0 Å². The topological polar surface area (TPSA) is 84.2 Å². The number of benzene rings is 2. The van der Waals surface area contributed by atoms with Crippen molar-refractivity contribution in [2.75, 3.05) is 11.9 Å². The van der Waals surface area contributed by atoms with E-state index in [2.05, 4.69) is 10.6 Å². The molecule has 154 valence electrons. The molecule has 1 fully saturated rings. The second-order valence-corrected chi connectivity index (χ2v) is 7.65. The van der Waals surface area contributed by atoms with Crippen LogP contribution in [0.1, 0.15) is 58.4 Å². The number of carbonyl (C=O) groups excluding carboxylic acids is 2. The summed E-state index contributed by atoms with van der Waals surface area (Å²) in [6.07, 6.45) is 5.67. The average molecular weight is 397 g/mol. The van der Waals surface area contributed by atoms with Crippen LogP contribution in [0, 0.1) is 18.7 Å². The Hall–Kier alpha value is -2.73. The highest BCUT2D eigenvalue weighted by molar-refractivity contribution is 6.09. The summed E-state index contributed by atoms with van der Waals surface area (Å²) in [5.74, 6) is -1.10. The van der Waals surface area contributed by atoms with E-state index in [-0.39, 0.29) is 17.5 Å². The Labute approximate surface area is 170 Å². The van der Waals surface area contributed by atoms with Gasteiger partial charge in [-0.3, -0.25) is 9.59 Å². The number of nitrogens with one attached hydrogen (secondary N) is 2. The minimum atomic E-state index is -0.606. The van der Waals surface area contributed by atoms with Gasteiger partial charge in [0, 0.05) is 12.6 Å². The van der Waals surface area contributed by atoms with Crippen LogP contribution in [0.15, 0.2) is 42.5 Å². The van der Waals surface area contributed by atoms with Crippen molar-refractivity contribution in [3.8, 4) is 0 Å². The molecule has 2 amide bonds. The van der Waals surface area contributed by atoms with Gasteiger partial charge in [0.1, 0.15) is 5.82 Å². The van der Waals surface area contributed by atoms with Crippen LogP contribution >= 0.6 is 0 Å². The van der Waals surface area contributed by atoms with Gasteiger partial charge in [-0.25, -0.2) is 4.39 Å². The maximum Gasteiger partial charge on any atom is 0.258 e. The molecule has 29 heavy (non-hydrogen) atoms. The molecule has 5 nitrogen and oxygen atoms in total. The van der Waals surface area contributed by atoms with Gasteiger partial charge in [0.2, 0.25) is 0 Å². The van der Waals surface area contributed by atoms with Crippen LogP contribution in [0.2, 0.25) is 0 Å². The maximum atomic E-state index is 14.0. The highest BCUT2D eigenvalue weighted by Gasteiger charge is 2.26. The molecule has 4 N–H and O–H groups in total. The molecule has 2 aromatic rings. The molecule has 1 atom stereocenters. The summed E-state index contributed by atoms with van der Waals surface area (Å²) in [5.41, 5.74) is 7.34. The number of nitrogens with two attached hydrogens (primary N) is 1. The number of halogens is 1. The molecule has 1 aliphatic rings. The van der Waals surface area contributed by atoms with E-state index in [0.717, 1.165) is 31.2 Å². The van der Waals surface area contributed by atoms with Crippen LogP contribution in [-0.4, -0.2) is 24.4 Å². The zero-order valence-corrected chi connectivity index (χ0v) is 16.7. The Bertz CT molecular complexity index is 878. The molecule has 6 heteroatoms. The lowest BCUT2D eigenvalue weighted by molar-refractivity contribution is 0.0916. The minimum absolute atomic E-state index is 0.0656. The van der Waals surface area contributed by atoms with Crippen LogP contribution < -0.4 is 16.4 Å². The second-order valence-electron chi connectivity index (χ2n) is 7.65. The third-order valence-electron chi connectivity index (χ3n) is 5.66. The summed E-state index contributed by atoms with van der Waals surface area (Å²) in [5, 5.41) is 5.77. The van der Waals surface area contributed by atoms with Gasteiger partial charge in [0.05, 0.1) is 16.8 Å². The number of aryl methyl sites for hydroxylation is 1. The smallest absolute Gasteiger partial charge is 0.258 e. The van der Waals surface area contributed by atoms with E-state index in [9.17, 15) is 14.0 Å². The molecule has 1 saturated carbocycles. The fourth-order valence-electron chi connectivity index (χ4n) is 4.00. The van der Waals surface area contributed by atoms with Gasteiger partial charge in [-0.1, -0.05) is 43.5 Å². The molecule has 1 aliphatic carbocycles. The number of para-hydroxylation sites is 1. The van der Waals surface area contributed by atoms with E-state index < -0.39 is 11.7 Å². The monoisotopic (exact) mass is 397 g/mol. The fourth-order valence-corrected chi connectivity index (χ4v) is 4.00. The van der Waals surface area contributed by atoms with Crippen LogP contribution in [0.4, 0.5) is 10.1 Å². The lowest BCUT2D eigenvalue weighted by atomic mass is 9.83. The summed E-state index contributed by atoms with van der Waals surface area (Å²) in [6, 6.07) is 10.9. The van der Waals surface area contributed by atoms with E-state index in [1.54, 1.807) is 31.2 Å². The lowest BCUT2D eigenvalue weighted by Crippen LogP contribution is -2.46. The van der Waals surface area contributed by atoms with E-state index in [1.807, 2.05) is 0 Å². The first-order valence-electron chi connectivity index (χ1n) is 10.2. The molecule has 2 aromatic carbocycles. The molecule has 1 unspecified atom stereocenters. The molecule has 0 aromatic heterocycles. The van der Waals surface area contributed by atoms with Crippen molar-refractivity contribution in [2.45, 2.75) is 45.1 Å². The summed E-state index contributed by atoms with van der Waals surface area (Å²) >= 11 is 0. The van der Waals surface area contributed by atoms with Crippen molar-refractivity contribution in [1.29, 1.82) is 0 Å². The Morgan fingerprint density at radius 2 is 1.72 bits per heavy atom. The van der Waals surface area contributed by atoms with E-state index in [1.165, 1.54) is 24.6 Å².